The summed E-state index contributed by atoms with van der Waals surface area (Å²) in [6, 6.07) is 22.2. The van der Waals surface area contributed by atoms with Crippen molar-refractivity contribution in [3.8, 4) is 11.5 Å². The summed E-state index contributed by atoms with van der Waals surface area (Å²) in [6.07, 6.45) is 1.05. The second-order valence-electron chi connectivity index (χ2n) is 9.30. The fourth-order valence-electron chi connectivity index (χ4n) is 5.03. The van der Waals surface area contributed by atoms with E-state index in [1.807, 2.05) is 80.6 Å². The summed E-state index contributed by atoms with van der Waals surface area (Å²) in [7, 11) is 0. The Labute approximate surface area is 217 Å². The molecule has 5 rings (SSSR count). The Morgan fingerprint density at radius 1 is 0.865 bits per heavy atom. The highest BCUT2D eigenvalue weighted by Gasteiger charge is 2.60. The molecule has 37 heavy (non-hydrogen) atoms. The summed E-state index contributed by atoms with van der Waals surface area (Å²) in [5.41, 5.74) is 3.03. The van der Waals surface area contributed by atoms with E-state index in [4.69, 9.17) is 14.3 Å². The van der Waals surface area contributed by atoms with E-state index in [0.717, 1.165) is 29.7 Å². The predicted molar refractivity (Wildman–Crippen MR) is 142 cm³/mol. The highest BCUT2D eigenvalue weighted by atomic mass is 16.7. The number of fused-ring (bicyclic) bond motifs is 1. The number of imide groups is 1. The number of aryl methyl sites for hydroxylation is 1. The molecule has 0 radical (unpaired) electrons. The smallest absolute Gasteiger partial charge is 0.266 e. The third-order valence-electron chi connectivity index (χ3n) is 6.85. The lowest BCUT2D eigenvalue weighted by Gasteiger charge is -2.29. The number of para-hydroxylation sites is 2. The second kappa shape index (κ2) is 10.6. The van der Waals surface area contributed by atoms with Gasteiger partial charge in [-0.1, -0.05) is 55.8 Å². The highest BCUT2D eigenvalue weighted by molar-refractivity contribution is 6.24. The molecule has 0 unspecified atom stereocenters. The minimum Gasteiger partial charge on any atom is -0.490 e. The lowest BCUT2D eigenvalue weighted by molar-refractivity contribution is -0.126. The number of hydroxylamine groups is 1. The van der Waals surface area contributed by atoms with Gasteiger partial charge in [0.2, 0.25) is 5.91 Å². The average Bonchev–Trinajstić information content (AvgIpc) is 3.42. The number of carbonyl (C=O) groups is 2. The van der Waals surface area contributed by atoms with Crippen LogP contribution in [0.4, 0.5) is 11.4 Å². The zero-order chi connectivity index (χ0) is 25.9. The van der Waals surface area contributed by atoms with Crippen LogP contribution in [0.1, 0.15) is 43.9 Å². The van der Waals surface area contributed by atoms with Crippen LogP contribution in [0.5, 0.6) is 11.5 Å². The number of hydrogen-bond donors (Lipinski definition) is 0. The Morgan fingerprint density at radius 3 is 2.35 bits per heavy atom. The Kier molecular flexibility index (Phi) is 7.15. The van der Waals surface area contributed by atoms with E-state index in [-0.39, 0.29) is 11.8 Å². The van der Waals surface area contributed by atoms with Crippen LogP contribution in [-0.4, -0.2) is 31.1 Å². The SMILES string of the molecule is CCCCOc1ccc([C@H]2[C@H]3C(=O)N(c4ccccc4C)C(=O)[C@@H]3ON2c2ccccc2)cc1OCC. The summed E-state index contributed by atoms with van der Waals surface area (Å²) >= 11 is 0. The summed E-state index contributed by atoms with van der Waals surface area (Å²) in [5, 5.41) is 1.70. The number of anilines is 2. The molecule has 3 atom stereocenters. The van der Waals surface area contributed by atoms with E-state index in [1.54, 1.807) is 11.1 Å². The number of ether oxygens (including phenoxy) is 2. The monoisotopic (exact) mass is 500 g/mol. The molecule has 192 valence electrons. The lowest BCUT2D eigenvalue weighted by atomic mass is 9.90. The van der Waals surface area contributed by atoms with Crippen molar-refractivity contribution in [2.24, 2.45) is 5.92 Å². The van der Waals surface area contributed by atoms with Crippen molar-refractivity contribution in [1.82, 2.24) is 0 Å². The van der Waals surface area contributed by atoms with Gasteiger partial charge in [0, 0.05) is 0 Å². The molecule has 0 bridgehead atoms. The van der Waals surface area contributed by atoms with Crippen molar-refractivity contribution in [3.05, 3.63) is 83.9 Å². The highest BCUT2D eigenvalue weighted by Crippen LogP contribution is 2.49. The van der Waals surface area contributed by atoms with Crippen molar-refractivity contribution >= 4 is 23.2 Å². The summed E-state index contributed by atoms with van der Waals surface area (Å²) in [5.74, 6) is -0.0591. The number of unbranched alkanes of at least 4 members (excludes halogenated alkanes) is 1. The van der Waals surface area contributed by atoms with Crippen LogP contribution in [0.25, 0.3) is 0 Å². The molecule has 0 spiro atoms. The number of nitrogens with zero attached hydrogens (tertiary/aromatic N) is 2. The van der Waals surface area contributed by atoms with E-state index >= 15 is 0 Å². The third kappa shape index (κ3) is 4.55. The van der Waals surface area contributed by atoms with Gasteiger partial charge in [0.1, 0.15) is 5.92 Å². The van der Waals surface area contributed by atoms with E-state index in [2.05, 4.69) is 6.92 Å². The zero-order valence-corrected chi connectivity index (χ0v) is 21.4. The summed E-state index contributed by atoms with van der Waals surface area (Å²) < 4.78 is 11.9. The van der Waals surface area contributed by atoms with E-state index in [0.29, 0.717) is 30.4 Å². The van der Waals surface area contributed by atoms with Crippen LogP contribution in [-0.2, 0) is 14.4 Å². The number of amides is 2. The first-order valence-corrected chi connectivity index (χ1v) is 12.9. The summed E-state index contributed by atoms with van der Waals surface area (Å²) in [4.78, 5) is 35.0. The van der Waals surface area contributed by atoms with Gasteiger partial charge < -0.3 is 9.47 Å². The molecule has 0 aliphatic carbocycles. The fourth-order valence-corrected chi connectivity index (χ4v) is 5.03. The molecule has 3 aromatic rings. The molecule has 2 heterocycles. The van der Waals surface area contributed by atoms with Gasteiger partial charge in [-0.05, 0) is 61.7 Å². The predicted octanol–water partition coefficient (Wildman–Crippen LogP) is 5.62. The first kappa shape index (κ1) is 24.8. The van der Waals surface area contributed by atoms with Crippen LogP contribution in [0.15, 0.2) is 72.8 Å². The molecule has 0 saturated carbocycles. The van der Waals surface area contributed by atoms with E-state index < -0.39 is 18.1 Å². The lowest BCUT2D eigenvalue weighted by Crippen LogP contribution is -2.37. The van der Waals surface area contributed by atoms with Crippen LogP contribution in [0, 0.1) is 12.8 Å². The van der Waals surface area contributed by atoms with Crippen molar-refractivity contribution in [2.75, 3.05) is 23.2 Å². The Bertz CT molecular complexity index is 1280. The van der Waals surface area contributed by atoms with Gasteiger partial charge in [-0.3, -0.25) is 14.4 Å². The zero-order valence-electron chi connectivity index (χ0n) is 21.4. The summed E-state index contributed by atoms with van der Waals surface area (Å²) in [6.45, 7) is 7.00. The number of benzene rings is 3. The third-order valence-corrected chi connectivity index (χ3v) is 6.85. The van der Waals surface area contributed by atoms with Gasteiger partial charge in [0.05, 0.1) is 30.6 Å². The Balaban J connectivity index is 1.56. The molecule has 7 heteroatoms. The molecule has 2 fully saturated rings. The van der Waals surface area contributed by atoms with Crippen molar-refractivity contribution in [1.29, 1.82) is 0 Å². The van der Waals surface area contributed by atoms with E-state index in [1.165, 1.54) is 4.90 Å². The topological polar surface area (TPSA) is 68.3 Å². The molecule has 2 aliphatic rings. The first-order valence-electron chi connectivity index (χ1n) is 12.9. The largest absolute Gasteiger partial charge is 0.490 e. The average molecular weight is 501 g/mol. The minimum atomic E-state index is -0.923. The number of rotatable bonds is 9. The van der Waals surface area contributed by atoms with Crippen molar-refractivity contribution in [2.45, 2.75) is 45.8 Å². The molecule has 0 aromatic heterocycles. The molecule has 0 N–H and O–H groups in total. The molecular formula is C30H32N2O5. The van der Waals surface area contributed by atoms with Crippen molar-refractivity contribution < 1.29 is 23.9 Å². The minimum absolute atomic E-state index is 0.269. The first-order chi connectivity index (χ1) is 18.0. The maximum atomic E-state index is 13.9. The van der Waals surface area contributed by atoms with Gasteiger partial charge in [-0.15, -0.1) is 0 Å². The molecule has 2 saturated heterocycles. The van der Waals surface area contributed by atoms with E-state index in [9.17, 15) is 9.59 Å². The van der Waals surface area contributed by atoms with Gasteiger partial charge >= 0.3 is 0 Å². The van der Waals surface area contributed by atoms with Crippen molar-refractivity contribution in [3.63, 3.8) is 0 Å². The van der Waals surface area contributed by atoms with Gasteiger partial charge in [0.25, 0.3) is 5.91 Å². The van der Waals surface area contributed by atoms with Crippen LogP contribution in [0.2, 0.25) is 0 Å². The second-order valence-corrected chi connectivity index (χ2v) is 9.30. The van der Waals surface area contributed by atoms with Gasteiger partial charge in [0.15, 0.2) is 17.6 Å². The van der Waals surface area contributed by atoms with Crippen LogP contribution in [0.3, 0.4) is 0 Å². The molecule has 2 aliphatic heterocycles. The van der Waals surface area contributed by atoms with Crippen LogP contribution >= 0.6 is 0 Å². The maximum Gasteiger partial charge on any atom is 0.266 e. The standard InChI is InChI=1S/C30H32N2O5/c1-4-6-18-36-24-17-16-21(19-25(24)35-5-2)27-26-28(37-32(27)22-13-8-7-9-14-22)30(34)31(29(26)33)23-15-11-10-12-20(23)3/h7-17,19,26-28H,4-6,18H2,1-3H3/t26-,27+,28-/m1/s1. The maximum absolute atomic E-state index is 13.9. The van der Waals surface area contributed by atoms with Crippen LogP contribution < -0.4 is 19.4 Å². The normalized spacial score (nSPS) is 20.9. The Morgan fingerprint density at radius 2 is 1.62 bits per heavy atom. The number of hydrogen-bond acceptors (Lipinski definition) is 6. The fraction of sp³-hybridized carbons (Fsp3) is 0.333. The van der Waals surface area contributed by atoms with Gasteiger partial charge in [-0.2, -0.15) is 0 Å². The molecule has 2 amide bonds. The quantitative estimate of drug-likeness (QED) is 0.280. The molecule has 3 aromatic carbocycles. The Hall–Kier alpha value is -3.84. The van der Waals surface area contributed by atoms with Gasteiger partial charge in [-0.25, -0.2) is 9.96 Å². The number of carbonyl (C=O) groups excluding carboxylic acids is 2. The molecule has 7 nitrogen and oxygen atoms in total. The molecular weight excluding hydrogens is 468 g/mol.